The quantitative estimate of drug-likeness (QED) is 0.681. The average Bonchev–Trinajstić information content (AvgIpc) is 2.85. The van der Waals surface area contributed by atoms with Crippen molar-refractivity contribution in [1.29, 1.82) is 0 Å². The van der Waals surface area contributed by atoms with E-state index in [4.69, 9.17) is 9.15 Å². The molecular weight excluding hydrogens is 262 g/mol. The molecule has 0 atom stereocenters. The zero-order chi connectivity index (χ0) is 15.1. The van der Waals surface area contributed by atoms with Gasteiger partial charge in [0, 0.05) is 10.9 Å². The van der Waals surface area contributed by atoms with E-state index in [1.807, 2.05) is 6.07 Å². The lowest BCUT2D eigenvalue weighted by atomic mass is 10.1. The molecule has 21 heavy (non-hydrogen) atoms. The molecule has 0 aliphatic rings. The second kappa shape index (κ2) is 8.08. The molecule has 0 fully saturated rings. The smallest absolute Gasteiger partial charge is 0.176 e. The second-order valence-corrected chi connectivity index (χ2v) is 5.41. The number of fused-ring (bicyclic) bond motifs is 1. The maximum atomic E-state index is 6.14. The van der Waals surface area contributed by atoms with Crippen molar-refractivity contribution in [1.82, 2.24) is 5.32 Å². The van der Waals surface area contributed by atoms with E-state index in [1.54, 1.807) is 0 Å². The number of benzene rings is 1. The van der Waals surface area contributed by atoms with Gasteiger partial charge in [0.25, 0.3) is 0 Å². The van der Waals surface area contributed by atoms with E-state index in [2.05, 4.69) is 38.2 Å². The van der Waals surface area contributed by atoms with E-state index in [0.29, 0.717) is 0 Å². The van der Waals surface area contributed by atoms with E-state index < -0.39 is 0 Å². The Kier molecular flexibility index (Phi) is 6.12. The molecule has 2 aromatic rings. The van der Waals surface area contributed by atoms with E-state index in [1.165, 1.54) is 10.9 Å². The average molecular weight is 289 g/mol. The van der Waals surface area contributed by atoms with Crippen molar-refractivity contribution < 1.29 is 9.15 Å². The standard InChI is InChI=1S/C18H27NO2/c1-4-8-14-15-9-7-10-16(20-12-6-3)18(15)21-17(14)13-19-11-5-2/h7,9-10,19H,4-6,8,11-13H2,1-3H3. The Morgan fingerprint density at radius 1 is 1.10 bits per heavy atom. The first-order chi connectivity index (χ1) is 10.3. The summed E-state index contributed by atoms with van der Waals surface area (Å²) in [5.74, 6) is 1.93. The van der Waals surface area contributed by atoms with Gasteiger partial charge in [0.15, 0.2) is 11.3 Å². The summed E-state index contributed by atoms with van der Waals surface area (Å²) in [5, 5.41) is 4.65. The molecule has 0 saturated carbocycles. The molecule has 0 aliphatic heterocycles. The topological polar surface area (TPSA) is 34.4 Å². The van der Waals surface area contributed by atoms with Gasteiger partial charge in [-0.15, -0.1) is 0 Å². The Labute approximate surface area is 127 Å². The van der Waals surface area contributed by atoms with Gasteiger partial charge in [0.2, 0.25) is 0 Å². The summed E-state index contributed by atoms with van der Waals surface area (Å²) in [5.41, 5.74) is 2.24. The monoisotopic (exact) mass is 289 g/mol. The van der Waals surface area contributed by atoms with Crippen LogP contribution in [-0.4, -0.2) is 13.2 Å². The first kappa shape index (κ1) is 15.9. The number of hydrogen-bond acceptors (Lipinski definition) is 3. The first-order valence-electron chi connectivity index (χ1n) is 8.18. The van der Waals surface area contributed by atoms with Crippen molar-refractivity contribution in [2.24, 2.45) is 0 Å². The molecule has 1 aromatic heterocycles. The number of hydrogen-bond donors (Lipinski definition) is 1. The summed E-state index contributed by atoms with van der Waals surface area (Å²) >= 11 is 0. The summed E-state index contributed by atoms with van der Waals surface area (Å²) in [6.07, 6.45) is 4.31. The van der Waals surface area contributed by atoms with Crippen LogP contribution in [0.25, 0.3) is 11.0 Å². The maximum absolute atomic E-state index is 6.14. The van der Waals surface area contributed by atoms with Crippen LogP contribution in [0.15, 0.2) is 22.6 Å². The highest BCUT2D eigenvalue weighted by atomic mass is 16.5. The Morgan fingerprint density at radius 3 is 2.67 bits per heavy atom. The molecule has 116 valence electrons. The van der Waals surface area contributed by atoms with Gasteiger partial charge in [-0.3, -0.25) is 0 Å². The van der Waals surface area contributed by atoms with Crippen molar-refractivity contribution in [2.75, 3.05) is 13.2 Å². The zero-order valence-electron chi connectivity index (χ0n) is 13.5. The van der Waals surface area contributed by atoms with Crippen molar-refractivity contribution in [3.05, 3.63) is 29.5 Å². The Morgan fingerprint density at radius 2 is 1.95 bits per heavy atom. The fourth-order valence-corrected chi connectivity index (χ4v) is 2.56. The molecule has 1 N–H and O–H groups in total. The van der Waals surface area contributed by atoms with Crippen LogP contribution in [0.5, 0.6) is 5.75 Å². The molecule has 0 bridgehead atoms. The molecule has 0 aliphatic carbocycles. The number of aryl methyl sites for hydroxylation is 1. The predicted molar refractivity (Wildman–Crippen MR) is 88.0 cm³/mol. The van der Waals surface area contributed by atoms with Crippen LogP contribution in [0.4, 0.5) is 0 Å². The second-order valence-electron chi connectivity index (χ2n) is 5.41. The molecule has 3 nitrogen and oxygen atoms in total. The summed E-state index contributed by atoms with van der Waals surface area (Å²) in [6.45, 7) is 9.04. The molecule has 0 radical (unpaired) electrons. The third-order valence-corrected chi connectivity index (χ3v) is 3.54. The van der Waals surface area contributed by atoms with Crippen LogP contribution in [0.3, 0.4) is 0 Å². The summed E-state index contributed by atoms with van der Waals surface area (Å²) in [6, 6.07) is 6.21. The third-order valence-electron chi connectivity index (χ3n) is 3.54. The molecule has 0 spiro atoms. The highest BCUT2D eigenvalue weighted by molar-refractivity contribution is 5.87. The predicted octanol–water partition coefficient (Wildman–Crippen LogP) is 4.67. The zero-order valence-corrected chi connectivity index (χ0v) is 13.5. The van der Waals surface area contributed by atoms with E-state index in [0.717, 1.165) is 62.5 Å². The Bertz CT molecular complexity index is 560. The van der Waals surface area contributed by atoms with Gasteiger partial charge >= 0.3 is 0 Å². The minimum atomic E-state index is 0.729. The van der Waals surface area contributed by atoms with Crippen molar-refractivity contribution in [2.45, 2.75) is 53.0 Å². The van der Waals surface area contributed by atoms with E-state index in [9.17, 15) is 0 Å². The lowest BCUT2D eigenvalue weighted by Gasteiger charge is -2.04. The lowest BCUT2D eigenvalue weighted by molar-refractivity contribution is 0.315. The van der Waals surface area contributed by atoms with Crippen LogP contribution >= 0.6 is 0 Å². The Hall–Kier alpha value is -1.48. The van der Waals surface area contributed by atoms with Crippen LogP contribution in [0.1, 0.15) is 51.4 Å². The van der Waals surface area contributed by atoms with Crippen LogP contribution in [0.2, 0.25) is 0 Å². The fourth-order valence-electron chi connectivity index (χ4n) is 2.56. The Balaban J connectivity index is 2.35. The molecule has 1 aromatic carbocycles. The number of rotatable bonds is 9. The first-order valence-corrected chi connectivity index (χ1v) is 8.18. The van der Waals surface area contributed by atoms with Gasteiger partial charge in [-0.2, -0.15) is 0 Å². The van der Waals surface area contributed by atoms with Crippen LogP contribution in [0, 0.1) is 0 Å². The highest BCUT2D eigenvalue weighted by Gasteiger charge is 2.16. The van der Waals surface area contributed by atoms with Gasteiger partial charge in [0.05, 0.1) is 13.2 Å². The lowest BCUT2D eigenvalue weighted by Crippen LogP contribution is -2.14. The summed E-state index contributed by atoms with van der Waals surface area (Å²) in [4.78, 5) is 0. The van der Waals surface area contributed by atoms with Gasteiger partial charge in [-0.25, -0.2) is 0 Å². The van der Waals surface area contributed by atoms with Crippen molar-refractivity contribution in [3.8, 4) is 5.75 Å². The van der Waals surface area contributed by atoms with Gasteiger partial charge in [-0.05, 0) is 31.9 Å². The maximum Gasteiger partial charge on any atom is 0.176 e. The SMILES string of the molecule is CCCNCc1oc2c(OCCC)cccc2c1CCC. The third kappa shape index (κ3) is 3.79. The summed E-state index contributed by atoms with van der Waals surface area (Å²) in [7, 11) is 0. The normalized spacial score (nSPS) is 11.2. The molecule has 1 heterocycles. The van der Waals surface area contributed by atoms with Crippen LogP contribution < -0.4 is 10.1 Å². The molecule has 0 amide bonds. The highest BCUT2D eigenvalue weighted by Crippen LogP contribution is 2.33. The van der Waals surface area contributed by atoms with Crippen molar-refractivity contribution in [3.63, 3.8) is 0 Å². The van der Waals surface area contributed by atoms with Crippen molar-refractivity contribution >= 4 is 11.0 Å². The van der Waals surface area contributed by atoms with E-state index >= 15 is 0 Å². The largest absolute Gasteiger partial charge is 0.490 e. The van der Waals surface area contributed by atoms with Gasteiger partial charge < -0.3 is 14.5 Å². The number of nitrogens with one attached hydrogen (secondary N) is 1. The van der Waals surface area contributed by atoms with Crippen LogP contribution in [-0.2, 0) is 13.0 Å². The minimum absolute atomic E-state index is 0.729. The molecule has 0 unspecified atom stereocenters. The van der Waals surface area contributed by atoms with Gasteiger partial charge in [-0.1, -0.05) is 39.3 Å². The van der Waals surface area contributed by atoms with Gasteiger partial charge in [0.1, 0.15) is 5.76 Å². The number of ether oxygens (including phenoxy) is 1. The fraction of sp³-hybridized carbons (Fsp3) is 0.556. The molecule has 0 saturated heterocycles. The summed E-state index contributed by atoms with van der Waals surface area (Å²) < 4.78 is 12.0. The number of para-hydroxylation sites is 1. The minimum Gasteiger partial charge on any atom is -0.490 e. The van der Waals surface area contributed by atoms with E-state index in [-0.39, 0.29) is 0 Å². The number of furan rings is 1. The molecule has 2 rings (SSSR count). The molecular formula is C18H27NO2. The molecule has 3 heteroatoms.